The molecular weight excluding hydrogens is 292 g/mol. The van der Waals surface area contributed by atoms with E-state index in [-0.39, 0.29) is 5.91 Å². The Labute approximate surface area is 137 Å². The van der Waals surface area contributed by atoms with Crippen LogP contribution in [0.15, 0.2) is 12.1 Å². The molecule has 0 atom stereocenters. The average molecular weight is 318 g/mol. The Morgan fingerprint density at radius 2 is 1.39 bits per heavy atom. The van der Waals surface area contributed by atoms with Crippen LogP contribution < -0.4 is 9.80 Å². The van der Waals surface area contributed by atoms with Crippen molar-refractivity contribution < 1.29 is 4.79 Å². The van der Waals surface area contributed by atoms with Crippen molar-refractivity contribution in [3.63, 3.8) is 0 Å². The van der Waals surface area contributed by atoms with Gasteiger partial charge in [-0.15, -0.1) is 10.2 Å². The molecule has 7 nitrogen and oxygen atoms in total. The van der Waals surface area contributed by atoms with Crippen LogP contribution in [0.2, 0.25) is 0 Å². The van der Waals surface area contributed by atoms with Crippen molar-refractivity contribution in [2.75, 3.05) is 69.2 Å². The summed E-state index contributed by atoms with van der Waals surface area (Å²) >= 11 is 0. The first-order valence-corrected chi connectivity index (χ1v) is 8.47. The lowest BCUT2D eigenvalue weighted by atomic mass is 10.2. The fraction of sp³-hybridized carbons (Fsp3) is 0.688. The summed E-state index contributed by atoms with van der Waals surface area (Å²) in [6, 6.07) is 4.12. The summed E-state index contributed by atoms with van der Waals surface area (Å²) in [5, 5.41) is 8.81. The van der Waals surface area contributed by atoms with Crippen molar-refractivity contribution >= 4 is 17.5 Å². The number of hydrogen-bond donors (Lipinski definition) is 0. The molecular formula is C16H26N6O. The van der Waals surface area contributed by atoms with Gasteiger partial charge >= 0.3 is 0 Å². The molecule has 2 aliphatic rings. The van der Waals surface area contributed by atoms with Crippen LogP contribution in [0.25, 0.3) is 0 Å². The molecule has 126 valence electrons. The molecule has 1 aromatic rings. The van der Waals surface area contributed by atoms with E-state index in [1.807, 2.05) is 11.8 Å². The lowest BCUT2D eigenvalue weighted by Gasteiger charge is -2.35. The van der Waals surface area contributed by atoms with Gasteiger partial charge in [-0.2, -0.15) is 0 Å². The Morgan fingerprint density at radius 1 is 0.913 bits per heavy atom. The molecule has 3 heterocycles. The van der Waals surface area contributed by atoms with Gasteiger partial charge in [0.2, 0.25) is 5.91 Å². The first kappa shape index (κ1) is 16.0. The van der Waals surface area contributed by atoms with Crippen molar-refractivity contribution in [1.29, 1.82) is 0 Å². The van der Waals surface area contributed by atoms with E-state index in [4.69, 9.17) is 0 Å². The molecule has 0 N–H and O–H groups in total. The van der Waals surface area contributed by atoms with Gasteiger partial charge in [0, 0.05) is 58.8 Å². The molecule has 0 aliphatic carbocycles. The molecule has 0 spiro atoms. The highest BCUT2D eigenvalue weighted by molar-refractivity contribution is 5.76. The number of rotatable bonds is 3. The second-order valence-electron chi connectivity index (χ2n) is 6.26. The topological polar surface area (TPSA) is 55.8 Å². The maximum Gasteiger partial charge on any atom is 0.222 e. The minimum atomic E-state index is 0.237. The van der Waals surface area contributed by atoms with Crippen molar-refractivity contribution in [3.05, 3.63) is 12.1 Å². The molecule has 0 bridgehead atoms. The number of likely N-dealkylation sites (N-methyl/N-ethyl adjacent to an activating group) is 1. The fourth-order valence-electron chi connectivity index (χ4n) is 3.10. The molecule has 1 amide bonds. The maximum absolute atomic E-state index is 11.7. The number of amides is 1. The summed E-state index contributed by atoms with van der Waals surface area (Å²) in [6.45, 7) is 9.25. The van der Waals surface area contributed by atoms with Gasteiger partial charge in [0.1, 0.15) is 0 Å². The molecule has 2 fully saturated rings. The molecule has 2 aliphatic heterocycles. The third kappa shape index (κ3) is 3.72. The third-order valence-electron chi connectivity index (χ3n) is 4.72. The smallest absolute Gasteiger partial charge is 0.222 e. The van der Waals surface area contributed by atoms with E-state index < -0.39 is 0 Å². The van der Waals surface area contributed by atoms with Crippen LogP contribution in [0.4, 0.5) is 11.6 Å². The fourth-order valence-corrected chi connectivity index (χ4v) is 3.10. The molecule has 7 heteroatoms. The molecule has 0 saturated carbocycles. The summed E-state index contributed by atoms with van der Waals surface area (Å²) < 4.78 is 0. The number of aromatic nitrogens is 2. The number of carbonyl (C=O) groups is 1. The Hall–Kier alpha value is -1.89. The highest BCUT2D eigenvalue weighted by Gasteiger charge is 2.21. The van der Waals surface area contributed by atoms with Crippen LogP contribution in [0.3, 0.4) is 0 Å². The summed E-state index contributed by atoms with van der Waals surface area (Å²) in [4.78, 5) is 20.5. The molecule has 3 rings (SSSR count). The van der Waals surface area contributed by atoms with Crippen molar-refractivity contribution in [2.45, 2.75) is 13.3 Å². The third-order valence-corrected chi connectivity index (χ3v) is 4.72. The summed E-state index contributed by atoms with van der Waals surface area (Å²) in [6.07, 6.45) is 0.583. The summed E-state index contributed by atoms with van der Waals surface area (Å²) in [5.41, 5.74) is 0. The molecule has 0 aromatic carbocycles. The van der Waals surface area contributed by atoms with Crippen LogP contribution >= 0.6 is 0 Å². The van der Waals surface area contributed by atoms with Crippen molar-refractivity contribution in [3.8, 4) is 0 Å². The second-order valence-corrected chi connectivity index (χ2v) is 6.26. The number of nitrogens with zero attached hydrogens (tertiary/aromatic N) is 6. The second kappa shape index (κ2) is 7.12. The van der Waals surface area contributed by atoms with Crippen LogP contribution in [-0.4, -0.2) is 85.3 Å². The lowest BCUT2D eigenvalue weighted by Crippen LogP contribution is -2.49. The number of hydrogen-bond acceptors (Lipinski definition) is 6. The SMILES string of the molecule is CCC(=O)N1CCN(c2ccc(N3CCN(C)CC3)nn2)CC1. The average Bonchev–Trinajstić information content (AvgIpc) is 2.62. The molecule has 0 unspecified atom stereocenters. The zero-order valence-corrected chi connectivity index (χ0v) is 14.1. The van der Waals surface area contributed by atoms with Crippen molar-refractivity contribution in [2.24, 2.45) is 0 Å². The number of carbonyl (C=O) groups excluding carboxylic acids is 1. The normalized spacial score (nSPS) is 20.0. The largest absolute Gasteiger partial charge is 0.353 e. The Bertz CT molecular complexity index is 518. The van der Waals surface area contributed by atoms with Gasteiger partial charge in [-0.1, -0.05) is 6.92 Å². The lowest BCUT2D eigenvalue weighted by molar-refractivity contribution is -0.131. The zero-order chi connectivity index (χ0) is 16.2. The van der Waals surface area contributed by atoms with E-state index in [1.165, 1.54) is 0 Å². The highest BCUT2D eigenvalue weighted by atomic mass is 16.2. The van der Waals surface area contributed by atoms with Gasteiger partial charge in [-0.3, -0.25) is 4.79 Å². The summed E-state index contributed by atoms with van der Waals surface area (Å²) in [5.74, 6) is 2.11. The molecule has 1 aromatic heterocycles. The van der Waals surface area contributed by atoms with Gasteiger partial charge in [0.05, 0.1) is 0 Å². The highest BCUT2D eigenvalue weighted by Crippen LogP contribution is 2.17. The number of anilines is 2. The molecule has 23 heavy (non-hydrogen) atoms. The van der Waals surface area contributed by atoms with Gasteiger partial charge in [0.25, 0.3) is 0 Å². The van der Waals surface area contributed by atoms with Crippen LogP contribution in [0.1, 0.15) is 13.3 Å². The molecule has 2 saturated heterocycles. The first-order chi connectivity index (χ1) is 11.2. The first-order valence-electron chi connectivity index (χ1n) is 8.47. The van der Waals surface area contributed by atoms with E-state index in [1.54, 1.807) is 0 Å². The maximum atomic E-state index is 11.7. The minimum Gasteiger partial charge on any atom is -0.353 e. The standard InChI is InChI=1S/C16H26N6O/c1-3-16(23)22-12-10-21(11-13-22)15-5-4-14(17-18-15)20-8-6-19(2)7-9-20/h4-5H,3,6-13H2,1-2H3. The summed E-state index contributed by atoms with van der Waals surface area (Å²) in [7, 11) is 2.15. The minimum absolute atomic E-state index is 0.237. The van der Waals surface area contributed by atoms with Gasteiger partial charge in [0.15, 0.2) is 11.6 Å². The monoisotopic (exact) mass is 318 g/mol. The van der Waals surface area contributed by atoms with Crippen LogP contribution in [-0.2, 0) is 4.79 Å². The van der Waals surface area contributed by atoms with Crippen LogP contribution in [0, 0.1) is 0 Å². The van der Waals surface area contributed by atoms with Gasteiger partial charge in [-0.05, 0) is 19.2 Å². The Morgan fingerprint density at radius 3 is 1.83 bits per heavy atom. The van der Waals surface area contributed by atoms with E-state index in [9.17, 15) is 4.79 Å². The zero-order valence-electron chi connectivity index (χ0n) is 14.1. The number of piperazine rings is 2. The van der Waals surface area contributed by atoms with Crippen LogP contribution in [0.5, 0.6) is 0 Å². The quantitative estimate of drug-likeness (QED) is 0.798. The Kier molecular flexibility index (Phi) is 4.95. The van der Waals surface area contributed by atoms with Gasteiger partial charge in [-0.25, -0.2) is 0 Å². The van der Waals surface area contributed by atoms with Gasteiger partial charge < -0.3 is 19.6 Å². The van der Waals surface area contributed by atoms with E-state index in [0.29, 0.717) is 6.42 Å². The van der Waals surface area contributed by atoms with E-state index >= 15 is 0 Å². The van der Waals surface area contributed by atoms with Crippen molar-refractivity contribution in [1.82, 2.24) is 20.0 Å². The van der Waals surface area contributed by atoms with E-state index in [0.717, 1.165) is 64.0 Å². The predicted molar refractivity (Wildman–Crippen MR) is 90.8 cm³/mol. The van der Waals surface area contributed by atoms with E-state index in [2.05, 4.69) is 44.1 Å². The predicted octanol–water partition coefficient (Wildman–Crippen LogP) is 0.287. The Balaban J connectivity index is 1.57. The molecule has 0 radical (unpaired) electrons.